The van der Waals surface area contributed by atoms with Crippen LogP contribution >= 0.6 is 11.3 Å². The number of carboxylic acid groups (broad SMARTS) is 1. The van der Waals surface area contributed by atoms with Gasteiger partial charge in [-0.1, -0.05) is 17.2 Å². The third kappa shape index (κ3) is 2.53. The molecule has 4 nitrogen and oxygen atoms in total. The summed E-state index contributed by atoms with van der Waals surface area (Å²) < 4.78 is 0. The monoisotopic (exact) mass is 315 g/mol. The van der Waals surface area contributed by atoms with Crippen LogP contribution in [0.4, 0.5) is 0 Å². The normalized spacial score (nSPS) is 11.2. The molecule has 0 spiro atoms. The number of aromatic carboxylic acids is 1. The Hall–Kier alpha value is -2.11. The summed E-state index contributed by atoms with van der Waals surface area (Å²) in [6.07, 6.45) is 0.498. The topological polar surface area (TPSA) is 73.3 Å². The number of thiophene rings is 1. The van der Waals surface area contributed by atoms with E-state index in [1.165, 1.54) is 22.5 Å². The van der Waals surface area contributed by atoms with Crippen molar-refractivity contribution in [3.63, 3.8) is 0 Å². The Morgan fingerprint density at radius 2 is 1.86 bits per heavy atom. The number of aromatic nitrogens is 1. The first kappa shape index (κ1) is 14.8. The molecule has 0 aliphatic rings. The van der Waals surface area contributed by atoms with Gasteiger partial charge in [-0.15, -0.1) is 11.3 Å². The summed E-state index contributed by atoms with van der Waals surface area (Å²) in [4.78, 5) is 15.6. The van der Waals surface area contributed by atoms with Crippen molar-refractivity contribution in [1.82, 2.24) is 4.98 Å². The van der Waals surface area contributed by atoms with Gasteiger partial charge < -0.3 is 15.2 Å². The zero-order valence-electron chi connectivity index (χ0n) is 12.4. The van der Waals surface area contributed by atoms with E-state index in [0.29, 0.717) is 11.3 Å². The molecule has 0 fully saturated rings. The van der Waals surface area contributed by atoms with Gasteiger partial charge in [-0.2, -0.15) is 0 Å². The molecule has 0 aliphatic heterocycles. The number of rotatable bonds is 4. The number of fused-ring (bicyclic) bond motifs is 1. The molecule has 3 N–H and O–H groups in total. The van der Waals surface area contributed by atoms with Gasteiger partial charge in [0, 0.05) is 12.0 Å². The number of H-pyrrole nitrogens is 1. The standard InChI is InChI=1S/C17H17NO3S/c1-9-5-10(2)7-11(6-9)15-12(3-4-19)13-8-14(17(20)21)22-16(13)18-15/h5-8,18-19H,3-4H2,1-2H3,(H,20,21). The van der Waals surface area contributed by atoms with E-state index in [1.807, 2.05) is 0 Å². The van der Waals surface area contributed by atoms with Crippen LogP contribution in [-0.2, 0) is 6.42 Å². The Kier molecular flexibility index (Phi) is 3.76. The molecule has 0 aliphatic carbocycles. The highest BCUT2D eigenvalue weighted by Crippen LogP contribution is 2.36. The molecule has 5 heteroatoms. The van der Waals surface area contributed by atoms with E-state index in [2.05, 4.69) is 37.0 Å². The summed E-state index contributed by atoms with van der Waals surface area (Å²) in [6.45, 7) is 4.13. The number of aryl methyl sites for hydroxylation is 2. The van der Waals surface area contributed by atoms with Crippen LogP contribution in [0, 0.1) is 13.8 Å². The molecule has 2 heterocycles. The lowest BCUT2D eigenvalue weighted by molar-refractivity contribution is 0.0702. The third-order valence-corrected chi connectivity index (χ3v) is 4.72. The molecular weight excluding hydrogens is 298 g/mol. The van der Waals surface area contributed by atoms with E-state index in [9.17, 15) is 9.90 Å². The van der Waals surface area contributed by atoms with Gasteiger partial charge in [0.2, 0.25) is 0 Å². The van der Waals surface area contributed by atoms with Crippen molar-refractivity contribution in [2.24, 2.45) is 0 Å². The highest BCUT2D eigenvalue weighted by atomic mass is 32.1. The Morgan fingerprint density at radius 3 is 2.45 bits per heavy atom. The fourth-order valence-electron chi connectivity index (χ4n) is 2.87. The Balaban J connectivity index is 2.22. The number of carboxylic acids is 1. The minimum Gasteiger partial charge on any atom is -0.477 e. The third-order valence-electron chi connectivity index (χ3n) is 3.68. The predicted octanol–water partition coefficient (Wildman–Crippen LogP) is 3.75. The number of nitrogens with one attached hydrogen (secondary N) is 1. The fourth-order valence-corrected chi connectivity index (χ4v) is 3.80. The number of aliphatic hydroxyl groups is 1. The number of carbonyl (C=O) groups is 1. The van der Waals surface area contributed by atoms with Crippen LogP contribution in [0.3, 0.4) is 0 Å². The Labute approximate surface area is 132 Å². The van der Waals surface area contributed by atoms with Gasteiger partial charge in [-0.05, 0) is 49.6 Å². The van der Waals surface area contributed by atoms with Crippen molar-refractivity contribution in [2.75, 3.05) is 6.61 Å². The molecule has 0 unspecified atom stereocenters. The largest absolute Gasteiger partial charge is 0.477 e. The smallest absolute Gasteiger partial charge is 0.345 e. The van der Waals surface area contributed by atoms with Gasteiger partial charge in [0.15, 0.2) is 0 Å². The molecule has 1 aromatic carbocycles. The summed E-state index contributed by atoms with van der Waals surface area (Å²) >= 11 is 1.23. The quantitative estimate of drug-likeness (QED) is 0.686. The summed E-state index contributed by atoms with van der Waals surface area (Å²) in [7, 11) is 0. The first-order chi connectivity index (χ1) is 10.5. The molecule has 0 amide bonds. The van der Waals surface area contributed by atoms with Crippen molar-refractivity contribution in [3.8, 4) is 11.3 Å². The number of hydrogen-bond acceptors (Lipinski definition) is 3. The van der Waals surface area contributed by atoms with Crippen LogP contribution in [0.15, 0.2) is 24.3 Å². The van der Waals surface area contributed by atoms with E-state index in [1.54, 1.807) is 6.07 Å². The maximum atomic E-state index is 11.1. The van der Waals surface area contributed by atoms with Crippen LogP contribution in [0.1, 0.15) is 26.4 Å². The molecule has 0 bridgehead atoms. The van der Waals surface area contributed by atoms with E-state index >= 15 is 0 Å². The van der Waals surface area contributed by atoms with Crippen molar-refractivity contribution >= 4 is 27.5 Å². The molecule has 3 rings (SSSR count). The Bertz CT molecular complexity index is 840. The second kappa shape index (κ2) is 5.59. The zero-order chi connectivity index (χ0) is 15.9. The van der Waals surface area contributed by atoms with Crippen molar-refractivity contribution in [1.29, 1.82) is 0 Å². The maximum absolute atomic E-state index is 11.1. The van der Waals surface area contributed by atoms with E-state index in [4.69, 9.17) is 5.11 Å². The Morgan fingerprint density at radius 1 is 1.18 bits per heavy atom. The molecule has 0 saturated carbocycles. The number of aromatic amines is 1. The average molecular weight is 315 g/mol. The molecule has 0 atom stereocenters. The predicted molar refractivity (Wildman–Crippen MR) is 88.8 cm³/mol. The van der Waals surface area contributed by atoms with E-state index in [-0.39, 0.29) is 6.61 Å². The highest BCUT2D eigenvalue weighted by molar-refractivity contribution is 7.20. The molecule has 2 aromatic heterocycles. The van der Waals surface area contributed by atoms with Gasteiger partial charge in [0.25, 0.3) is 0 Å². The van der Waals surface area contributed by atoms with Gasteiger partial charge >= 0.3 is 5.97 Å². The van der Waals surface area contributed by atoms with Gasteiger partial charge in [0.05, 0.1) is 5.69 Å². The lowest BCUT2D eigenvalue weighted by Crippen LogP contribution is -1.94. The lowest BCUT2D eigenvalue weighted by Gasteiger charge is -2.07. The molecule has 114 valence electrons. The van der Waals surface area contributed by atoms with Crippen LogP contribution in [0.2, 0.25) is 0 Å². The zero-order valence-corrected chi connectivity index (χ0v) is 13.3. The van der Waals surface area contributed by atoms with Crippen LogP contribution in [0.25, 0.3) is 21.5 Å². The SMILES string of the molecule is Cc1cc(C)cc(-c2[nH]c3sc(C(=O)O)cc3c2CCO)c1. The second-order valence-corrected chi connectivity index (χ2v) is 6.54. The summed E-state index contributed by atoms with van der Waals surface area (Å²) in [5.41, 5.74) is 5.37. The lowest BCUT2D eigenvalue weighted by atomic mass is 10.0. The van der Waals surface area contributed by atoms with E-state index < -0.39 is 5.97 Å². The average Bonchev–Trinajstić information content (AvgIpc) is 2.97. The summed E-state index contributed by atoms with van der Waals surface area (Å²) in [5, 5.41) is 19.4. The minimum absolute atomic E-state index is 0.0308. The molecule has 0 radical (unpaired) electrons. The molecule has 0 saturated heterocycles. The van der Waals surface area contributed by atoms with Gasteiger partial charge in [-0.25, -0.2) is 4.79 Å². The van der Waals surface area contributed by atoms with Crippen LogP contribution in [-0.4, -0.2) is 27.8 Å². The first-order valence-electron chi connectivity index (χ1n) is 7.07. The van der Waals surface area contributed by atoms with Gasteiger partial charge in [0.1, 0.15) is 9.71 Å². The maximum Gasteiger partial charge on any atom is 0.345 e. The molecule has 3 aromatic rings. The number of aliphatic hydroxyl groups excluding tert-OH is 1. The van der Waals surface area contributed by atoms with Gasteiger partial charge in [-0.3, -0.25) is 0 Å². The molecular formula is C17H17NO3S. The molecule has 22 heavy (non-hydrogen) atoms. The summed E-state index contributed by atoms with van der Waals surface area (Å²) in [5.74, 6) is -0.919. The second-order valence-electron chi connectivity index (χ2n) is 5.49. The van der Waals surface area contributed by atoms with E-state index in [0.717, 1.165) is 27.0 Å². The minimum atomic E-state index is -0.919. The highest BCUT2D eigenvalue weighted by Gasteiger charge is 2.18. The number of hydrogen-bond donors (Lipinski definition) is 3. The first-order valence-corrected chi connectivity index (χ1v) is 7.88. The van der Waals surface area contributed by atoms with Crippen molar-refractivity contribution in [2.45, 2.75) is 20.3 Å². The van der Waals surface area contributed by atoms with Crippen molar-refractivity contribution in [3.05, 3.63) is 45.8 Å². The summed E-state index contributed by atoms with van der Waals surface area (Å²) in [6, 6.07) is 8.00. The van der Waals surface area contributed by atoms with Crippen LogP contribution in [0.5, 0.6) is 0 Å². The van der Waals surface area contributed by atoms with Crippen LogP contribution < -0.4 is 0 Å². The fraction of sp³-hybridized carbons (Fsp3) is 0.235. The van der Waals surface area contributed by atoms with Crippen molar-refractivity contribution < 1.29 is 15.0 Å². The number of benzene rings is 1.